The second-order valence-corrected chi connectivity index (χ2v) is 7.92. The van der Waals surface area contributed by atoms with Crippen LogP contribution in [0.5, 0.6) is 0 Å². The number of allylic oxidation sites excluding steroid dienone is 1. The van der Waals surface area contributed by atoms with Crippen LogP contribution in [0.3, 0.4) is 0 Å². The van der Waals surface area contributed by atoms with Crippen LogP contribution in [0.25, 0.3) is 0 Å². The minimum Gasteiger partial charge on any atom is -0.463 e. The van der Waals surface area contributed by atoms with Crippen LogP contribution in [0.2, 0.25) is 0 Å². The zero-order valence-electron chi connectivity index (χ0n) is 16.7. The van der Waals surface area contributed by atoms with E-state index in [1.807, 2.05) is 31.2 Å². The molecule has 1 aromatic rings. The van der Waals surface area contributed by atoms with Gasteiger partial charge in [-0.25, -0.2) is 14.6 Å². The third-order valence-corrected chi connectivity index (χ3v) is 5.69. The summed E-state index contributed by atoms with van der Waals surface area (Å²) in [4.78, 5) is 33.1. The number of ether oxygens (including phenoxy) is 1. The number of nitrogens with one attached hydrogen (secondary N) is 1. The first-order valence-corrected chi connectivity index (χ1v) is 10.3. The van der Waals surface area contributed by atoms with E-state index in [4.69, 9.17) is 4.74 Å². The van der Waals surface area contributed by atoms with Crippen molar-refractivity contribution < 1.29 is 14.3 Å². The number of aliphatic imine (C=N–C) groups is 1. The maximum atomic E-state index is 12.8. The monoisotopic (exact) mass is 402 g/mol. The number of carbonyl (C=O) groups excluding carboxylic acids is 2. The molecule has 7 nitrogen and oxygen atoms in total. The molecule has 0 saturated carbocycles. The number of thioether (sulfide) groups is 1. The Labute approximate surface area is 169 Å². The highest BCUT2D eigenvalue weighted by molar-refractivity contribution is 8.13. The van der Waals surface area contributed by atoms with Gasteiger partial charge in [-0.05, 0) is 38.0 Å². The van der Waals surface area contributed by atoms with Crippen LogP contribution in [0.4, 0.5) is 10.5 Å². The zero-order chi connectivity index (χ0) is 20.3. The summed E-state index contributed by atoms with van der Waals surface area (Å²) in [5.41, 5.74) is 2.86. The van der Waals surface area contributed by atoms with E-state index in [2.05, 4.69) is 15.2 Å². The number of hydrogen-bond acceptors (Lipinski definition) is 6. The highest BCUT2D eigenvalue weighted by Gasteiger charge is 2.37. The molecule has 1 saturated heterocycles. The maximum absolute atomic E-state index is 12.8. The van der Waals surface area contributed by atoms with E-state index in [1.165, 1.54) is 4.90 Å². The summed E-state index contributed by atoms with van der Waals surface area (Å²) in [5.74, 6) is 0.675. The third-order valence-electron chi connectivity index (χ3n) is 4.61. The fourth-order valence-corrected chi connectivity index (χ4v) is 4.33. The number of amidine groups is 1. The van der Waals surface area contributed by atoms with Crippen LogP contribution >= 0.6 is 11.8 Å². The molecule has 28 heavy (non-hydrogen) atoms. The molecule has 2 heterocycles. The van der Waals surface area contributed by atoms with E-state index in [1.54, 1.807) is 32.8 Å². The third kappa shape index (κ3) is 4.16. The van der Waals surface area contributed by atoms with Gasteiger partial charge in [-0.15, -0.1) is 0 Å². The van der Waals surface area contributed by atoms with Crippen molar-refractivity contribution in [1.29, 1.82) is 0 Å². The molecule has 0 radical (unpaired) electrons. The standard InChI is InChI=1S/C20H26N4O3S/c1-5-27-18(25)16-13(2)21-20-24(10-7-11-28-20)17(16)14-8-6-9-15(12-14)22-19(26)23(3)4/h6,8-9,12,17H,5,7,10-11H2,1-4H3,(H,22,26). The Morgan fingerprint density at radius 1 is 1.39 bits per heavy atom. The molecule has 3 rings (SSSR count). The normalized spacial score (nSPS) is 18.9. The second kappa shape index (κ2) is 8.68. The number of amides is 2. The summed E-state index contributed by atoms with van der Waals surface area (Å²) in [6.45, 7) is 4.79. The highest BCUT2D eigenvalue weighted by Crippen LogP contribution is 2.40. The topological polar surface area (TPSA) is 74.2 Å². The van der Waals surface area contributed by atoms with Gasteiger partial charge in [0.2, 0.25) is 0 Å². The van der Waals surface area contributed by atoms with Crippen molar-refractivity contribution in [1.82, 2.24) is 9.80 Å². The van der Waals surface area contributed by atoms with E-state index in [0.717, 1.165) is 29.4 Å². The molecule has 1 N–H and O–H groups in total. The fraction of sp³-hybridized carbons (Fsp3) is 0.450. The predicted octanol–water partition coefficient (Wildman–Crippen LogP) is 3.47. The molecular weight excluding hydrogens is 376 g/mol. The summed E-state index contributed by atoms with van der Waals surface area (Å²) >= 11 is 1.71. The molecule has 0 aromatic heterocycles. The molecule has 8 heteroatoms. The van der Waals surface area contributed by atoms with E-state index >= 15 is 0 Å². The molecule has 0 aliphatic carbocycles. The van der Waals surface area contributed by atoms with Gasteiger partial charge in [0, 0.05) is 32.1 Å². The molecule has 2 aliphatic rings. The van der Waals surface area contributed by atoms with Crippen LogP contribution < -0.4 is 5.32 Å². The number of esters is 1. The zero-order valence-corrected chi connectivity index (χ0v) is 17.5. The van der Waals surface area contributed by atoms with Gasteiger partial charge >= 0.3 is 12.0 Å². The summed E-state index contributed by atoms with van der Waals surface area (Å²) < 4.78 is 5.33. The largest absolute Gasteiger partial charge is 0.463 e. The van der Waals surface area contributed by atoms with Gasteiger partial charge in [-0.3, -0.25) is 0 Å². The second-order valence-electron chi connectivity index (χ2n) is 6.86. The Morgan fingerprint density at radius 3 is 2.89 bits per heavy atom. The number of fused-ring (bicyclic) bond motifs is 1. The summed E-state index contributed by atoms with van der Waals surface area (Å²) in [6.07, 6.45) is 1.02. The fourth-order valence-electron chi connectivity index (χ4n) is 3.31. The lowest BCUT2D eigenvalue weighted by Gasteiger charge is -2.40. The van der Waals surface area contributed by atoms with Crippen molar-refractivity contribution in [3.05, 3.63) is 41.1 Å². The van der Waals surface area contributed by atoms with Crippen LogP contribution in [-0.4, -0.2) is 60.0 Å². The first-order chi connectivity index (χ1) is 13.4. The van der Waals surface area contributed by atoms with Gasteiger partial charge in [0.1, 0.15) is 0 Å². The van der Waals surface area contributed by atoms with Gasteiger partial charge in [0.15, 0.2) is 5.17 Å². The molecule has 1 aromatic carbocycles. The van der Waals surface area contributed by atoms with Gasteiger partial charge in [-0.2, -0.15) is 0 Å². The van der Waals surface area contributed by atoms with Crippen molar-refractivity contribution >= 4 is 34.6 Å². The lowest BCUT2D eigenvalue weighted by molar-refractivity contribution is -0.139. The molecule has 0 bridgehead atoms. The smallest absolute Gasteiger partial charge is 0.338 e. The SMILES string of the molecule is CCOC(=O)C1=C(C)N=C2SCCCN2C1c1cccc(NC(=O)N(C)C)c1. The molecular formula is C20H26N4O3S. The summed E-state index contributed by atoms with van der Waals surface area (Å²) in [5, 5.41) is 3.81. The molecule has 1 fully saturated rings. The highest BCUT2D eigenvalue weighted by atomic mass is 32.2. The van der Waals surface area contributed by atoms with Crippen LogP contribution in [-0.2, 0) is 9.53 Å². The number of benzene rings is 1. The van der Waals surface area contributed by atoms with Gasteiger partial charge in [0.25, 0.3) is 0 Å². The Bertz CT molecular complexity index is 834. The Hall–Kier alpha value is -2.48. The average Bonchev–Trinajstić information content (AvgIpc) is 2.67. The Morgan fingerprint density at radius 2 is 2.18 bits per heavy atom. The summed E-state index contributed by atoms with van der Waals surface area (Å²) in [7, 11) is 3.39. The molecule has 0 spiro atoms. The summed E-state index contributed by atoms with van der Waals surface area (Å²) in [6, 6.07) is 7.14. The number of nitrogens with zero attached hydrogens (tertiary/aromatic N) is 3. The lowest BCUT2D eigenvalue weighted by atomic mass is 9.94. The first kappa shape index (κ1) is 20.3. The van der Waals surface area contributed by atoms with Crippen LogP contribution in [0.15, 0.2) is 40.5 Å². The van der Waals surface area contributed by atoms with Crippen molar-refractivity contribution in [2.75, 3.05) is 38.3 Å². The van der Waals surface area contributed by atoms with Crippen molar-refractivity contribution in [3.8, 4) is 0 Å². The van der Waals surface area contributed by atoms with Gasteiger partial charge in [0.05, 0.1) is 23.9 Å². The lowest BCUT2D eigenvalue weighted by Crippen LogP contribution is -2.42. The molecule has 1 atom stereocenters. The van der Waals surface area contributed by atoms with Crippen LogP contribution in [0.1, 0.15) is 31.9 Å². The number of rotatable bonds is 4. The van der Waals surface area contributed by atoms with Crippen molar-refractivity contribution in [2.45, 2.75) is 26.3 Å². The minimum atomic E-state index is -0.342. The molecule has 150 valence electrons. The predicted molar refractivity (Wildman–Crippen MR) is 112 cm³/mol. The number of anilines is 1. The number of hydrogen-bond donors (Lipinski definition) is 1. The van der Waals surface area contributed by atoms with Gasteiger partial charge < -0.3 is 19.9 Å². The number of urea groups is 1. The molecule has 1 unspecified atom stereocenters. The number of carbonyl (C=O) groups is 2. The Balaban J connectivity index is 2.02. The van der Waals surface area contributed by atoms with Crippen LogP contribution in [0, 0.1) is 0 Å². The minimum absolute atomic E-state index is 0.200. The van der Waals surface area contributed by atoms with Crippen molar-refractivity contribution in [3.63, 3.8) is 0 Å². The molecule has 2 amide bonds. The quantitative estimate of drug-likeness (QED) is 0.781. The maximum Gasteiger partial charge on any atom is 0.338 e. The van der Waals surface area contributed by atoms with E-state index in [9.17, 15) is 9.59 Å². The first-order valence-electron chi connectivity index (χ1n) is 9.36. The van der Waals surface area contributed by atoms with E-state index in [0.29, 0.717) is 23.6 Å². The van der Waals surface area contributed by atoms with E-state index in [-0.39, 0.29) is 18.0 Å². The van der Waals surface area contributed by atoms with E-state index < -0.39 is 0 Å². The van der Waals surface area contributed by atoms with Gasteiger partial charge in [-0.1, -0.05) is 23.9 Å². The van der Waals surface area contributed by atoms with Crippen molar-refractivity contribution in [2.24, 2.45) is 4.99 Å². The Kier molecular flexibility index (Phi) is 6.28. The molecule has 2 aliphatic heterocycles. The average molecular weight is 403 g/mol.